The van der Waals surface area contributed by atoms with E-state index in [1.54, 1.807) is 0 Å². The van der Waals surface area contributed by atoms with Crippen molar-refractivity contribution in [2.24, 2.45) is 16.6 Å². The summed E-state index contributed by atoms with van der Waals surface area (Å²) in [7, 11) is 0. The van der Waals surface area contributed by atoms with Gasteiger partial charge in [-0.15, -0.1) is 0 Å². The zero-order chi connectivity index (χ0) is 5.70. The van der Waals surface area contributed by atoms with Crippen LogP contribution in [0.2, 0.25) is 0 Å². The average Bonchev–Trinajstić information content (AvgIpc) is 1.72. The first-order valence-corrected chi connectivity index (χ1v) is 1.95. The van der Waals surface area contributed by atoms with Gasteiger partial charge in [-0.05, 0) is 0 Å². The van der Waals surface area contributed by atoms with Gasteiger partial charge in [0.05, 0.1) is 5.71 Å². The van der Waals surface area contributed by atoms with E-state index in [1.165, 1.54) is 0 Å². The largest absolute Gasteiger partial charge is 0.411 e. The zero-order valence-electron chi connectivity index (χ0n) is 3.96. The third-order valence-corrected chi connectivity index (χ3v) is 0.613. The van der Waals surface area contributed by atoms with Crippen LogP contribution >= 0.6 is 0 Å². The Morgan fingerprint density at radius 1 is 1.43 bits per heavy atom. The molecule has 0 aromatic rings. The maximum atomic E-state index is 7.95. The van der Waals surface area contributed by atoms with Crippen molar-refractivity contribution in [3.63, 3.8) is 0 Å². The summed E-state index contributed by atoms with van der Waals surface area (Å²) in [6.07, 6.45) is 0. The maximum Gasteiger partial charge on any atom is 0.0841 e. The van der Waals surface area contributed by atoms with Gasteiger partial charge in [-0.2, -0.15) is 0 Å². The van der Waals surface area contributed by atoms with Gasteiger partial charge in [0.25, 0.3) is 0 Å². The van der Waals surface area contributed by atoms with Gasteiger partial charge < -0.3 is 16.7 Å². The van der Waals surface area contributed by atoms with Crippen LogP contribution in [0.1, 0.15) is 0 Å². The summed E-state index contributed by atoms with van der Waals surface area (Å²) in [5.41, 5.74) is 10.5. The molecule has 0 saturated carbocycles. The molecule has 4 heteroatoms. The Hall–Kier alpha value is -0.610. The number of oxime groups is 1. The molecule has 42 valence electrons. The second kappa shape index (κ2) is 3.58. The van der Waals surface area contributed by atoms with Gasteiger partial charge in [-0.1, -0.05) is 5.16 Å². The van der Waals surface area contributed by atoms with Gasteiger partial charge in [-0.25, -0.2) is 0 Å². The molecule has 0 radical (unpaired) electrons. The summed E-state index contributed by atoms with van der Waals surface area (Å²) in [4.78, 5) is 0. The molecule has 0 heterocycles. The van der Waals surface area contributed by atoms with Crippen LogP contribution in [0.3, 0.4) is 0 Å². The molecule has 0 aliphatic heterocycles. The monoisotopic (exact) mass is 103 g/mol. The Bertz CT molecular complexity index is 64.6. The normalized spacial score (nSPS) is 8.29. The molecule has 4 nitrogen and oxygen atoms in total. The van der Waals surface area contributed by atoms with Crippen molar-refractivity contribution in [3.8, 4) is 0 Å². The lowest BCUT2D eigenvalue weighted by Crippen LogP contribution is -2.22. The Labute approximate surface area is 41.8 Å². The molecule has 0 aromatic heterocycles. The molecule has 0 aliphatic rings. The van der Waals surface area contributed by atoms with Crippen LogP contribution in [-0.2, 0) is 0 Å². The Kier molecular flexibility index (Phi) is 3.26. The number of nitrogens with zero attached hydrogens (tertiary/aromatic N) is 1. The lowest BCUT2D eigenvalue weighted by Gasteiger charge is -1.90. The van der Waals surface area contributed by atoms with Crippen LogP contribution in [-0.4, -0.2) is 24.0 Å². The molecule has 0 fully saturated rings. The van der Waals surface area contributed by atoms with Gasteiger partial charge in [0.1, 0.15) is 0 Å². The molecule has 0 unspecified atom stereocenters. The molecular weight excluding hydrogens is 94.1 g/mol. The minimum atomic E-state index is 0.229. The quantitative estimate of drug-likeness (QED) is 0.231. The molecule has 0 aliphatic carbocycles. The lowest BCUT2D eigenvalue weighted by atomic mass is 10.4. The fourth-order valence-electron chi connectivity index (χ4n) is 0.165. The van der Waals surface area contributed by atoms with Crippen LogP contribution in [0, 0.1) is 0 Å². The fraction of sp³-hybridized carbons (Fsp3) is 0.667. The molecule has 0 amide bonds. The van der Waals surface area contributed by atoms with Gasteiger partial charge in [0, 0.05) is 13.1 Å². The first-order chi connectivity index (χ1) is 3.35. The van der Waals surface area contributed by atoms with Crippen molar-refractivity contribution in [2.45, 2.75) is 0 Å². The molecule has 0 atom stereocenters. The molecule has 0 bridgehead atoms. The first-order valence-electron chi connectivity index (χ1n) is 1.95. The highest BCUT2D eigenvalue weighted by Gasteiger charge is 1.87. The average molecular weight is 103 g/mol. The molecule has 0 spiro atoms. The predicted octanol–water partition coefficient (Wildman–Crippen LogP) is -1.27. The van der Waals surface area contributed by atoms with Crippen molar-refractivity contribution in [2.75, 3.05) is 13.1 Å². The van der Waals surface area contributed by atoms with Crippen LogP contribution in [0.4, 0.5) is 0 Å². The van der Waals surface area contributed by atoms with Crippen molar-refractivity contribution < 1.29 is 5.21 Å². The second-order valence-corrected chi connectivity index (χ2v) is 1.07. The van der Waals surface area contributed by atoms with Crippen LogP contribution in [0.25, 0.3) is 0 Å². The van der Waals surface area contributed by atoms with E-state index in [9.17, 15) is 0 Å². The minimum absolute atomic E-state index is 0.229. The highest BCUT2D eigenvalue weighted by Crippen LogP contribution is 1.63. The summed E-state index contributed by atoms with van der Waals surface area (Å²) in [6.45, 7) is 0.458. The van der Waals surface area contributed by atoms with E-state index in [1.807, 2.05) is 0 Å². The third-order valence-electron chi connectivity index (χ3n) is 0.613. The third kappa shape index (κ3) is 2.13. The smallest absolute Gasteiger partial charge is 0.0841 e. The van der Waals surface area contributed by atoms with E-state index in [2.05, 4.69) is 5.16 Å². The van der Waals surface area contributed by atoms with E-state index < -0.39 is 0 Å². The fourth-order valence-corrected chi connectivity index (χ4v) is 0.165. The minimum Gasteiger partial charge on any atom is -0.411 e. The number of nitrogens with two attached hydrogens (primary N) is 2. The number of hydrogen-bond acceptors (Lipinski definition) is 4. The molecule has 0 rings (SSSR count). The van der Waals surface area contributed by atoms with E-state index >= 15 is 0 Å². The highest BCUT2D eigenvalue weighted by molar-refractivity contribution is 5.87. The van der Waals surface area contributed by atoms with Crippen molar-refractivity contribution in [1.29, 1.82) is 0 Å². The second-order valence-electron chi connectivity index (χ2n) is 1.07. The maximum absolute atomic E-state index is 7.95. The van der Waals surface area contributed by atoms with Gasteiger partial charge in [0.15, 0.2) is 0 Å². The topological polar surface area (TPSA) is 84.6 Å². The van der Waals surface area contributed by atoms with Crippen molar-refractivity contribution in [3.05, 3.63) is 0 Å². The molecular formula is C3H9N3O. The molecule has 7 heavy (non-hydrogen) atoms. The van der Waals surface area contributed by atoms with Crippen LogP contribution in [0.5, 0.6) is 0 Å². The van der Waals surface area contributed by atoms with Crippen LogP contribution in [0.15, 0.2) is 5.16 Å². The molecule has 0 aromatic carbocycles. The summed E-state index contributed by atoms with van der Waals surface area (Å²) in [5, 5.41) is 10.7. The van der Waals surface area contributed by atoms with E-state index in [-0.39, 0.29) is 13.1 Å². The molecule has 0 saturated heterocycles. The molecule has 5 N–H and O–H groups in total. The summed E-state index contributed by atoms with van der Waals surface area (Å²) in [6, 6.07) is 0. The predicted molar refractivity (Wildman–Crippen MR) is 27.3 cm³/mol. The van der Waals surface area contributed by atoms with Gasteiger partial charge >= 0.3 is 0 Å². The Morgan fingerprint density at radius 3 is 1.86 bits per heavy atom. The summed E-state index contributed by atoms with van der Waals surface area (Å²) < 4.78 is 0. The van der Waals surface area contributed by atoms with E-state index in [0.29, 0.717) is 5.71 Å². The first kappa shape index (κ1) is 6.39. The SMILES string of the molecule is NCC(CN)=NO. The van der Waals surface area contributed by atoms with Crippen molar-refractivity contribution in [1.82, 2.24) is 0 Å². The summed E-state index contributed by atoms with van der Waals surface area (Å²) in [5.74, 6) is 0. The number of hydrogen-bond donors (Lipinski definition) is 3. The lowest BCUT2D eigenvalue weighted by molar-refractivity contribution is 0.317. The standard InChI is InChI=1S/C3H9N3O/c4-1-3(2-5)6-7/h7H,1-2,4-5H2. The Balaban J connectivity index is 3.38. The number of rotatable bonds is 2. The van der Waals surface area contributed by atoms with Crippen LogP contribution < -0.4 is 11.5 Å². The van der Waals surface area contributed by atoms with Crippen molar-refractivity contribution >= 4 is 5.71 Å². The van der Waals surface area contributed by atoms with E-state index in [4.69, 9.17) is 16.7 Å². The zero-order valence-corrected chi connectivity index (χ0v) is 3.96. The highest BCUT2D eigenvalue weighted by atomic mass is 16.4. The van der Waals surface area contributed by atoms with E-state index in [0.717, 1.165) is 0 Å². The summed E-state index contributed by atoms with van der Waals surface area (Å²) >= 11 is 0. The van der Waals surface area contributed by atoms with Gasteiger partial charge in [0.2, 0.25) is 0 Å². The Morgan fingerprint density at radius 2 is 1.86 bits per heavy atom. The van der Waals surface area contributed by atoms with Gasteiger partial charge in [-0.3, -0.25) is 0 Å².